The van der Waals surface area contributed by atoms with Gasteiger partial charge in [0, 0.05) is 56.4 Å². The summed E-state index contributed by atoms with van der Waals surface area (Å²) in [5.74, 6) is 1.66. The Bertz CT molecular complexity index is 856. The first-order valence-electron chi connectivity index (χ1n) is 8.17. The van der Waals surface area contributed by atoms with E-state index in [1.54, 1.807) is 0 Å². The Labute approximate surface area is 144 Å². The molecular weight excluding hydrogens is 321 g/mol. The average molecular weight is 339 g/mol. The van der Waals surface area contributed by atoms with Crippen LogP contribution in [0.4, 0.5) is 16.0 Å². The maximum atomic E-state index is 13.2. The number of aromatic nitrogens is 5. The summed E-state index contributed by atoms with van der Waals surface area (Å²) in [6.45, 7) is 5.30. The molecular formula is C17H18FN7. The average Bonchev–Trinajstić information content (AvgIpc) is 3.09. The summed E-state index contributed by atoms with van der Waals surface area (Å²) in [4.78, 5) is 17.8. The fourth-order valence-electron chi connectivity index (χ4n) is 2.92. The number of hydrogen-bond donors (Lipinski definition) is 0. The zero-order valence-electron chi connectivity index (χ0n) is 13.9. The molecule has 0 amide bonds. The molecule has 25 heavy (non-hydrogen) atoms. The second-order valence-electron chi connectivity index (χ2n) is 5.91. The fraction of sp³-hybridized carbons (Fsp3) is 0.294. The lowest BCUT2D eigenvalue weighted by Gasteiger charge is -2.36. The van der Waals surface area contributed by atoms with E-state index in [1.807, 2.05) is 37.4 Å². The summed E-state index contributed by atoms with van der Waals surface area (Å²) < 4.78 is 14.5. The molecule has 4 heterocycles. The van der Waals surface area contributed by atoms with Crippen molar-refractivity contribution < 1.29 is 4.39 Å². The van der Waals surface area contributed by atoms with Crippen LogP contribution in [0.2, 0.25) is 0 Å². The summed E-state index contributed by atoms with van der Waals surface area (Å²) in [5.41, 5.74) is 0.822. The van der Waals surface area contributed by atoms with Crippen LogP contribution in [0.3, 0.4) is 0 Å². The van der Waals surface area contributed by atoms with Crippen molar-refractivity contribution in [2.24, 2.45) is 0 Å². The molecule has 0 aromatic carbocycles. The Morgan fingerprint density at radius 2 is 1.72 bits per heavy atom. The van der Waals surface area contributed by atoms with E-state index in [4.69, 9.17) is 0 Å². The van der Waals surface area contributed by atoms with Crippen LogP contribution in [-0.4, -0.2) is 50.9 Å². The second-order valence-corrected chi connectivity index (χ2v) is 5.91. The van der Waals surface area contributed by atoms with Crippen LogP contribution in [0.15, 0.2) is 42.7 Å². The van der Waals surface area contributed by atoms with Gasteiger partial charge in [0.15, 0.2) is 0 Å². The van der Waals surface area contributed by atoms with Crippen molar-refractivity contribution in [3.8, 4) is 5.95 Å². The van der Waals surface area contributed by atoms with Gasteiger partial charge < -0.3 is 9.80 Å². The van der Waals surface area contributed by atoms with Gasteiger partial charge in [0.05, 0.1) is 0 Å². The number of pyridine rings is 1. The van der Waals surface area contributed by atoms with E-state index in [0.29, 0.717) is 5.95 Å². The van der Waals surface area contributed by atoms with Crippen molar-refractivity contribution in [2.45, 2.75) is 6.92 Å². The van der Waals surface area contributed by atoms with E-state index in [0.717, 1.165) is 43.5 Å². The molecule has 0 bridgehead atoms. The molecule has 1 aliphatic heterocycles. The lowest BCUT2D eigenvalue weighted by atomic mass is 10.3. The molecule has 1 aliphatic rings. The number of aryl methyl sites for hydroxylation is 1. The Balaban J connectivity index is 1.52. The van der Waals surface area contributed by atoms with Crippen molar-refractivity contribution in [2.75, 3.05) is 36.0 Å². The highest BCUT2D eigenvalue weighted by Crippen LogP contribution is 2.19. The first-order valence-corrected chi connectivity index (χ1v) is 8.17. The first-order chi connectivity index (χ1) is 12.2. The summed E-state index contributed by atoms with van der Waals surface area (Å²) >= 11 is 0. The molecule has 0 N–H and O–H groups in total. The molecule has 3 aromatic rings. The van der Waals surface area contributed by atoms with Gasteiger partial charge in [-0.1, -0.05) is 6.07 Å². The van der Waals surface area contributed by atoms with Crippen LogP contribution in [0, 0.1) is 12.9 Å². The number of halogens is 1. The van der Waals surface area contributed by atoms with Gasteiger partial charge in [-0.05, 0) is 19.1 Å². The molecule has 0 aliphatic carbocycles. The van der Waals surface area contributed by atoms with Gasteiger partial charge in [0.1, 0.15) is 11.6 Å². The van der Waals surface area contributed by atoms with E-state index in [1.165, 1.54) is 16.9 Å². The van der Waals surface area contributed by atoms with Crippen LogP contribution in [0.25, 0.3) is 5.95 Å². The van der Waals surface area contributed by atoms with E-state index in [-0.39, 0.29) is 0 Å². The third kappa shape index (κ3) is 3.28. The predicted molar refractivity (Wildman–Crippen MR) is 92.5 cm³/mol. The highest BCUT2D eigenvalue weighted by Gasteiger charge is 2.20. The van der Waals surface area contributed by atoms with Gasteiger partial charge in [-0.3, -0.25) is 0 Å². The van der Waals surface area contributed by atoms with E-state index in [2.05, 4.69) is 29.9 Å². The first kappa shape index (κ1) is 15.5. The molecule has 0 radical (unpaired) electrons. The zero-order chi connectivity index (χ0) is 17.2. The van der Waals surface area contributed by atoms with Gasteiger partial charge in [0.2, 0.25) is 5.95 Å². The molecule has 0 atom stereocenters. The molecule has 0 spiro atoms. The highest BCUT2D eigenvalue weighted by atomic mass is 19.1. The van der Waals surface area contributed by atoms with E-state index >= 15 is 0 Å². The maximum Gasteiger partial charge on any atom is 0.252 e. The van der Waals surface area contributed by atoms with Crippen LogP contribution >= 0.6 is 0 Å². The molecule has 1 fully saturated rings. The lowest BCUT2D eigenvalue weighted by Crippen LogP contribution is -2.47. The van der Waals surface area contributed by atoms with Gasteiger partial charge in [0.25, 0.3) is 5.95 Å². The molecule has 1 saturated heterocycles. The Hall–Kier alpha value is -3.03. The second kappa shape index (κ2) is 6.46. The third-order valence-corrected chi connectivity index (χ3v) is 4.17. The number of hydrogen-bond acceptors (Lipinski definition) is 6. The molecule has 128 valence electrons. The molecule has 8 heteroatoms. The summed E-state index contributed by atoms with van der Waals surface area (Å²) in [6.07, 6.45) is 3.33. The molecule has 7 nitrogen and oxygen atoms in total. The van der Waals surface area contributed by atoms with Gasteiger partial charge >= 0.3 is 0 Å². The predicted octanol–water partition coefficient (Wildman–Crippen LogP) is 1.83. The monoisotopic (exact) mass is 339 g/mol. The minimum absolute atomic E-state index is 0.381. The van der Waals surface area contributed by atoms with Gasteiger partial charge in [-0.15, -0.1) is 5.10 Å². The third-order valence-electron chi connectivity index (χ3n) is 4.17. The van der Waals surface area contributed by atoms with Gasteiger partial charge in [-0.2, -0.15) is 9.37 Å². The molecule has 0 unspecified atom stereocenters. The van der Waals surface area contributed by atoms with Crippen LogP contribution in [0.5, 0.6) is 0 Å². The Morgan fingerprint density at radius 1 is 0.960 bits per heavy atom. The Kier molecular flexibility index (Phi) is 4.01. The van der Waals surface area contributed by atoms with E-state index in [9.17, 15) is 4.39 Å². The summed E-state index contributed by atoms with van der Waals surface area (Å²) in [5, 5.41) is 3.75. The largest absolute Gasteiger partial charge is 0.353 e. The minimum atomic E-state index is -0.546. The van der Waals surface area contributed by atoms with E-state index < -0.39 is 5.95 Å². The zero-order valence-corrected chi connectivity index (χ0v) is 13.9. The van der Waals surface area contributed by atoms with Crippen LogP contribution < -0.4 is 9.80 Å². The summed E-state index contributed by atoms with van der Waals surface area (Å²) in [6, 6.07) is 9.17. The quantitative estimate of drug-likeness (QED) is 0.725. The van der Waals surface area contributed by atoms with Crippen molar-refractivity contribution in [1.29, 1.82) is 0 Å². The van der Waals surface area contributed by atoms with Crippen molar-refractivity contribution in [1.82, 2.24) is 24.7 Å². The van der Waals surface area contributed by atoms with Crippen LogP contribution in [-0.2, 0) is 0 Å². The number of anilines is 2. The highest BCUT2D eigenvalue weighted by molar-refractivity contribution is 5.46. The SMILES string of the molecule is Cc1cc(N2CCN(c3ccccn3)CC2)nc(-n2ccc(F)n2)n1. The van der Waals surface area contributed by atoms with Crippen molar-refractivity contribution >= 4 is 11.6 Å². The number of nitrogens with zero attached hydrogens (tertiary/aromatic N) is 7. The number of rotatable bonds is 3. The normalized spacial score (nSPS) is 14.8. The topological polar surface area (TPSA) is 63.0 Å². The fourth-order valence-corrected chi connectivity index (χ4v) is 2.92. The number of piperazine rings is 1. The minimum Gasteiger partial charge on any atom is -0.353 e. The van der Waals surface area contributed by atoms with Gasteiger partial charge in [-0.25, -0.2) is 14.6 Å². The lowest BCUT2D eigenvalue weighted by molar-refractivity contribution is 0.561. The molecule has 0 saturated carbocycles. The molecule has 3 aromatic heterocycles. The molecule has 4 rings (SSSR count). The summed E-state index contributed by atoms with van der Waals surface area (Å²) in [7, 11) is 0. The smallest absolute Gasteiger partial charge is 0.252 e. The Morgan fingerprint density at radius 3 is 2.36 bits per heavy atom. The van der Waals surface area contributed by atoms with Crippen molar-refractivity contribution in [3.05, 3.63) is 54.4 Å². The standard InChI is InChI=1S/C17H18FN7/c1-13-12-16(21-17(20-13)25-7-5-14(18)22-25)24-10-8-23(9-11-24)15-4-2-3-6-19-15/h2-7,12H,8-11H2,1H3. The maximum absolute atomic E-state index is 13.2. The van der Waals surface area contributed by atoms with Crippen LogP contribution in [0.1, 0.15) is 5.69 Å². The van der Waals surface area contributed by atoms with Crippen molar-refractivity contribution in [3.63, 3.8) is 0 Å².